The van der Waals surface area contributed by atoms with Gasteiger partial charge in [-0.1, -0.05) is 11.6 Å². The van der Waals surface area contributed by atoms with E-state index < -0.39 is 0 Å². The minimum Gasteiger partial charge on any atom is -0.497 e. The number of ether oxygens (including phenoxy) is 2. The maximum atomic E-state index is 5.86. The van der Waals surface area contributed by atoms with E-state index in [1.807, 2.05) is 28.8 Å². The van der Waals surface area contributed by atoms with Crippen molar-refractivity contribution in [2.24, 2.45) is 0 Å². The third-order valence-corrected chi connectivity index (χ3v) is 3.78. The lowest BCUT2D eigenvalue weighted by atomic mass is 10.3. The Hall–Kier alpha value is -2.31. The molecule has 2 aromatic carbocycles. The lowest BCUT2D eigenvalue weighted by molar-refractivity contribution is 0.293. The summed E-state index contributed by atoms with van der Waals surface area (Å²) in [6.45, 7) is 0.279. The van der Waals surface area contributed by atoms with E-state index in [4.69, 9.17) is 33.3 Å². The van der Waals surface area contributed by atoms with Gasteiger partial charge in [0.1, 0.15) is 18.1 Å². The van der Waals surface area contributed by atoms with E-state index >= 15 is 0 Å². The van der Waals surface area contributed by atoms with Gasteiger partial charge in [-0.25, -0.2) is 0 Å². The van der Waals surface area contributed by atoms with Gasteiger partial charge in [-0.3, -0.25) is 9.67 Å². The second-order valence-corrected chi connectivity index (χ2v) is 5.54. The van der Waals surface area contributed by atoms with Crippen molar-refractivity contribution in [3.8, 4) is 17.2 Å². The number of halogens is 1. The van der Waals surface area contributed by atoms with E-state index in [1.165, 1.54) is 0 Å². The molecule has 0 aliphatic heterocycles. The summed E-state index contributed by atoms with van der Waals surface area (Å²) in [4.78, 5) is 0. The largest absolute Gasteiger partial charge is 0.497 e. The van der Waals surface area contributed by atoms with Crippen molar-refractivity contribution in [2.45, 2.75) is 6.61 Å². The number of aromatic amines is 1. The van der Waals surface area contributed by atoms with Gasteiger partial charge in [0.2, 0.25) is 0 Å². The molecule has 0 radical (unpaired) electrons. The van der Waals surface area contributed by atoms with Gasteiger partial charge >= 0.3 is 0 Å². The van der Waals surface area contributed by atoms with E-state index in [-0.39, 0.29) is 6.61 Å². The number of nitrogens with one attached hydrogen (secondary N) is 1. The van der Waals surface area contributed by atoms with Crippen molar-refractivity contribution < 1.29 is 9.47 Å². The van der Waals surface area contributed by atoms with Gasteiger partial charge in [0.05, 0.1) is 12.8 Å². The van der Waals surface area contributed by atoms with Gasteiger partial charge in [0.25, 0.3) is 0 Å². The number of rotatable bonds is 5. The van der Waals surface area contributed by atoms with Crippen LogP contribution in [0.2, 0.25) is 5.02 Å². The molecule has 0 aliphatic carbocycles. The third-order valence-electron chi connectivity index (χ3n) is 3.25. The van der Waals surface area contributed by atoms with Crippen LogP contribution >= 0.6 is 23.8 Å². The summed E-state index contributed by atoms with van der Waals surface area (Å²) < 4.78 is 13.2. The minimum atomic E-state index is 0.279. The fraction of sp³-hybridized carbons (Fsp3) is 0.125. The van der Waals surface area contributed by atoms with Crippen LogP contribution in [0.5, 0.6) is 11.5 Å². The molecule has 0 aliphatic rings. The summed E-state index contributed by atoms with van der Waals surface area (Å²) in [7, 11) is 1.63. The Morgan fingerprint density at radius 2 is 1.74 bits per heavy atom. The molecule has 0 unspecified atom stereocenters. The maximum absolute atomic E-state index is 5.86. The Morgan fingerprint density at radius 1 is 1.09 bits per heavy atom. The van der Waals surface area contributed by atoms with Crippen molar-refractivity contribution in [2.75, 3.05) is 7.11 Å². The number of H-pyrrole nitrogens is 1. The van der Waals surface area contributed by atoms with Crippen LogP contribution in [-0.2, 0) is 6.61 Å². The highest BCUT2D eigenvalue weighted by Gasteiger charge is 2.09. The highest BCUT2D eigenvalue weighted by molar-refractivity contribution is 7.71. The van der Waals surface area contributed by atoms with Gasteiger partial charge in [0, 0.05) is 5.02 Å². The summed E-state index contributed by atoms with van der Waals surface area (Å²) in [5, 5.41) is 7.69. The standard InChI is InChI=1S/C16H14ClN3O2S/c1-21-13-8-4-12(5-9-13)20-15(18-19-16(20)23)10-22-14-6-2-11(17)3-7-14/h2-9H,10H2,1H3,(H,19,23). The molecule has 1 N–H and O–H groups in total. The Labute approximate surface area is 143 Å². The molecule has 118 valence electrons. The highest BCUT2D eigenvalue weighted by atomic mass is 35.5. The molecule has 0 saturated heterocycles. The van der Waals surface area contributed by atoms with Crippen molar-refractivity contribution in [1.82, 2.24) is 14.8 Å². The van der Waals surface area contributed by atoms with Crippen LogP contribution in [0.4, 0.5) is 0 Å². The number of benzene rings is 2. The monoisotopic (exact) mass is 347 g/mol. The fourth-order valence-corrected chi connectivity index (χ4v) is 2.49. The Kier molecular flexibility index (Phi) is 4.64. The zero-order chi connectivity index (χ0) is 16.2. The van der Waals surface area contributed by atoms with E-state index in [0.29, 0.717) is 21.4 Å². The number of aromatic nitrogens is 3. The topological polar surface area (TPSA) is 52.1 Å². The second-order valence-electron chi connectivity index (χ2n) is 4.72. The van der Waals surface area contributed by atoms with Gasteiger partial charge in [-0.05, 0) is 60.7 Å². The van der Waals surface area contributed by atoms with Crippen LogP contribution in [0.25, 0.3) is 5.69 Å². The molecule has 0 atom stereocenters. The highest BCUT2D eigenvalue weighted by Crippen LogP contribution is 2.19. The molecule has 0 amide bonds. The first-order chi connectivity index (χ1) is 11.2. The summed E-state index contributed by atoms with van der Waals surface area (Å²) in [5.41, 5.74) is 0.888. The van der Waals surface area contributed by atoms with Crippen LogP contribution < -0.4 is 9.47 Å². The van der Waals surface area contributed by atoms with E-state index in [0.717, 1.165) is 11.4 Å². The molecular formula is C16H14ClN3O2S. The smallest absolute Gasteiger partial charge is 0.199 e. The summed E-state index contributed by atoms with van der Waals surface area (Å²) >= 11 is 11.2. The van der Waals surface area contributed by atoms with Crippen LogP contribution in [0.3, 0.4) is 0 Å². The number of methoxy groups -OCH3 is 1. The molecule has 3 aromatic rings. The molecule has 7 heteroatoms. The molecular weight excluding hydrogens is 334 g/mol. The average Bonchev–Trinajstić information content (AvgIpc) is 2.95. The third kappa shape index (κ3) is 3.55. The molecule has 0 bridgehead atoms. The lowest BCUT2D eigenvalue weighted by Crippen LogP contribution is -2.05. The van der Waals surface area contributed by atoms with Gasteiger partial charge in [-0.2, -0.15) is 5.10 Å². The normalized spacial score (nSPS) is 10.5. The summed E-state index contributed by atoms with van der Waals surface area (Å²) in [6, 6.07) is 14.7. The van der Waals surface area contributed by atoms with Crippen molar-refractivity contribution in [3.05, 3.63) is 64.1 Å². The molecule has 23 heavy (non-hydrogen) atoms. The van der Waals surface area contributed by atoms with E-state index in [2.05, 4.69) is 10.2 Å². The van der Waals surface area contributed by atoms with Crippen LogP contribution in [0.15, 0.2) is 48.5 Å². The molecule has 5 nitrogen and oxygen atoms in total. The van der Waals surface area contributed by atoms with Crippen LogP contribution in [-0.4, -0.2) is 21.9 Å². The second kappa shape index (κ2) is 6.85. The van der Waals surface area contributed by atoms with Gasteiger partial charge in [-0.15, -0.1) is 0 Å². The predicted molar refractivity (Wildman–Crippen MR) is 91.1 cm³/mol. The quantitative estimate of drug-likeness (QED) is 0.704. The maximum Gasteiger partial charge on any atom is 0.199 e. The molecule has 1 aromatic heterocycles. The zero-order valence-electron chi connectivity index (χ0n) is 12.3. The number of nitrogens with zero attached hydrogens (tertiary/aromatic N) is 2. The van der Waals surface area contributed by atoms with E-state index in [9.17, 15) is 0 Å². The molecule has 0 fully saturated rings. The van der Waals surface area contributed by atoms with Crippen LogP contribution in [0, 0.1) is 4.77 Å². The Bertz CT molecular complexity index is 841. The molecule has 0 saturated carbocycles. The average molecular weight is 348 g/mol. The predicted octanol–water partition coefficient (Wildman–Crippen LogP) is 4.17. The number of hydrogen-bond acceptors (Lipinski definition) is 4. The van der Waals surface area contributed by atoms with Crippen molar-refractivity contribution in [3.63, 3.8) is 0 Å². The number of hydrogen-bond donors (Lipinski definition) is 1. The molecule has 0 spiro atoms. The van der Waals surface area contributed by atoms with E-state index in [1.54, 1.807) is 31.4 Å². The minimum absolute atomic E-state index is 0.279. The molecule has 1 heterocycles. The Balaban J connectivity index is 1.83. The Morgan fingerprint density at radius 3 is 2.39 bits per heavy atom. The first-order valence-electron chi connectivity index (χ1n) is 6.86. The lowest BCUT2D eigenvalue weighted by Gasteiger charge is -2.09. The first kappa shape index (κ1) is 15.6. The summed E-state index contributed by atoms with van der Waals surface area (Å²) in [5.74, 6) is 2.17. The SMILES string of the molecule is COc1ccc(-n2c(COc3ccc(Cl)cc3)n[nH]c2=S)cc1. The fourth-order valence-electron chi connectivity index (χ4n) is 2.10. The van der Waals surface area contributed by atoms with Gasteiger partial charge < -0.3 is 9.47 Å². The van der Waals surface area contributed by atoms with Crippen molar-refractivity contribution >= 4 is 23.8 Å². The van der Waals surface area contributed by atoms with Crippen LogP contribution in [0.1, 0.15) is 5.82 Å². The van der Waals surface area contributed by atoms with Gasteiger partial charge in [0.15, 0.2) is 10.6 Å². The first-order valence-corrected chi connectivity index (χ1v) is 7.65. The summed E-state index contributed by atoms with van der Waals surface area (Å²) in [6.07, 6.45) is 0. The molecule has 3 rings (SSSR count). The zero-order valence-corrected chi connectivity index (χ0v) is 13.9. The van der Waals surface area contributed by atoms with Crippen molar-refractivity contribution in [1.29, 1.82) is 0 Å².